The molecule has 0 aliphatic carbocycles. The van der Waals surface area contributed by atoms with Crippen LogP contribution in [0.4, 0.5) is 0 Å². The minimum atomic E-state index is 0.0428. The summed E-state index contributed by atoms with van der Waals surface area (Å²) in [6, 6.07) is 0. The Morgan fingerprint density at radius 1 is 1.58 bits per heavy atom. The van der Waals surface area contributed by atoms with Gasteiger partial charge >= 0.3 is 0 Å². The molecule has 0 saturated carbocycles. The molecule has 0 rings (SSSR count). The molecule has 0 aliphatic heterocycles. The molecule has 0 fully saturated rings. The molecule has 0 radical (unpaired) electrons. The van der Waals surface area contributed by atoms with E-state index in [0.717, 1.165) is 17.8 Å². The highest BCUT2D eigenvalue weighted by Gasteiger charge is 1.99. The van der Waals surface area contributed by atoms with Crippen LogP contribution in [-0.4, -0.2) is 18.8 Å². The summed E-state index contributed by atoms with van der Waals surface area (Å²) in [5.74, 6) is 0.722. The summed E-state index contributed by atoms with van der Waals surface area (Å²) >= 11 is 0. The molecule has 68 valence electrons. The van der Waals surface area contributed by atoms with Gasteiger partial charge in [-0.3, -0.25) is 0 Å². The van der Waals surface area contributed by atoms with Crippen molar-refractivity contribution in [1.82, 2.24) is 0 Å². The molecule has 0 aromatic carbocycles. The molecule has 0 bridgehead atoms. The van der Waals surface area contributed by atoms with Gasteiger partial charge in [-0.2, -0.15) is 0 Å². The molecule has 12 heavy (non-hydrogen) atoms. The van der Waals surface area contributed by atoms with Crippen molar-refractivity contribution in [2.75, 3.05) is 13.7 Å². The predicted molar refractivity (Wildman–Crippen MR) is 50.7 cm³/mol. The lowest BCUT2D eigenvalue weighted by Gasteiger charge is -2.06. The van der Waals surface area contributed by atoms with Crippen molar-refractivity contribution in [1.29, 1.82) is 0 Å². The Morgan fingerprint density at radius 3 is 2.58 bits per heavy atom. The van der Waals surface area contributed by atoms with Gasteiger partial charge in [0.05, 0.1) is 13.7 Å². The Hall–Kier alpha value is -1.02. The summed E-state index contributed by atoms with van der Waals surface area (Å²) in [4.78, 5) is 0. The SMILES string of the molecule is C=C/C=C\C(OC)=C(/CC)CO. The minimum Gasteiger partial charge on any atom is -0.497 e. The van der Waals surface area contributed by atoms with Gasteiger partial charge in [0.2, 0.25) is 0 Å². The average Bonchev–Trinajstić information content (AvgIpc) is 2.12. The number of ether oxygens (including phenoxy) is 1. The van der Waals surface area contributed by atoms with Crippen LogP contribution >= 0.6 is 0 Å². The maximum Gasteiger partial charge on any atom is 0.120 e. The lowest BCUT2D eigenvalue weighted by atomic mass is 10.2. The van der Waals surface area contributed by atoms with E-state index in [-0.39, 0.29) is 6.61 Å². The zero-order valence-corrected chi connectivity index (χ0v) is 7.71. The first-order valence-electron chi connectivity index (χ1n) is 3.96. The molecule has 0 aromatic rings. The fraction of sp³-hybridized carbons (Fsp3) is 0.400. The van der Waals surface area contributed by atoms with Gasteiger partial charge in [0.25, 0.3) is 0 Å². The van der Waals surface area contributed by atoms with Crippen molar-refractivity contribution in [3.8, 4) is 0 Å². The third-order valence-electron chi connectivity index (χ3n) is 1.57. The summed E-state index contributed by atoms with van der Waals surface area (Å²) in [5, 5.41) is 8.93. The maximum atomic E-state index is 8.93. The van der Waals surface area contributed by atoms with E-state index in [0.29, 0.717) is 0 Å². The maximum absolute atomic E-state index is 8.93. The van der Waals surface area contributed by atoms with Gasteiger partial charge in [0.1, 0.15) is 5.76 Å². The first-order valence-corrected chi connectivity index (χ1v) is 3.96. The zero-order valence-electron chi connectivity index (χ0n) is 7.71. The van der Waals surface area contributed by atoms with Crippen LogP contribution in [0, 0.1) is 0 Å². The normalized spacial score (nSPS) is 12.9. The average molecular weight is 168 g/mol. The van der Waals surface area contributed by atoms with Crippen LogP contribution in [-0.2, 0) is 4.74 Å². The second kappa shape index (κ2) is 6.68. The molecule has 0 spiro atoms. The van der Waals surface area contributed by atoms with Gasteiger partial charge in [-0.15, -0.1) is 0 Å². The molecule has 2 nitrogen and oxygen atoms in total. The van der Waals surface area contributed by atoms with Crippen LogP contribution in [0.25, 0.3) is 0 Å². The van der Waals surface area contributed by atoms with Gasteiger partial charge in [-0.05, 0) is 18.1 Å². The van der Waals surface area contributed by atoms with Gasteiger partial charge < -0.3 is 9.84 Å². The van der Waals surface area contributed by atoms with E-state index in [1.54, 1.807) is 25.3 Å². The second-order valence-electron chi connectivity index (χ2n) is 2.28. The molecule has 0 amide bonds. The zero-order chi connectivity index (χ0) is 9.40. The van der Waals surface area contributed by atoms with Crippen molar-refractivity contribution in [3.63, 3.8) is 0 Å². The summed E-state index contributed by atoms with van der Waals surface area (Å²) in [5.41, 5.74) is 0.899. The number of aliphatic hydroxyl groups excluding tert-OH is 1. The first-order chi connectivity index (χ1) is 5.79. The van der Waals surface area contributed by atoms with Crippen molar-refractivity contribution in [2.24, 2.45) is 0 Å². The second-order valence-corrected chi connectivity index (χ2v) is 2.28. The van der Waals surface area contributed by atoms with Crippen molar-refractivity contribution in [2.45, 2.75) is 13.3 Å². The quantitative estimate of drug-likeness (QED) is 0.502. The monoisotopic (exact) mass is 168 g/mol. The Labute approximate surface area is 73.9 Å². The standard InChI is InChI=1S/C10H16O2/c1-4-6-7-10(12-3)9(5-2)8-11/h4,6-7,11H,1,5,8H2,2-3H3/b7-6-,10-9-. The Bertz CT molecular complexity index is 184. The summed E-state index contributed by atoms with van der Waals surface area (Å²) < 4.78 is 5.08. The van der Waals surface area contributed by atoms with Crippen LogP contribution in [0.5, 0.6) is 0 Å². The highest BCUT2D eigenvalue weighted by Crippen LogP contribution is 2.10. The van der Waals surface area contributed by atoms with E-state index >= 15 is 0 Å². The van der Waals surface area contributed by atoms with Crippen LogP contribution in [0.3, 0.4) is 0 Å². The van der Waals surface area contributed by atoms with Crippen molar-refractivity contribution < 1.29 is 9.84 Å². The summed E-state index contributed by atoms with van der Waals surface area (Å²) in [6.45, 7) is 5.57. The topological polar surface area (TPSA) is 29.5 Å². The van der Waals surface area contributed by atoms with Crippen molar-refractivity contribution in [3.05, 3.63) is 36.1 Å². The Morgan fingerprint density at radius 2 is 2.25 bits per heavy atom. The fourth-order valence-electron chi connectivity index (χ4n) is 0.850. The van der Waals surface area contributed by atoms with Crippen LogP contribution in [0.15, 0.2) is 36.1 Å². The van der Waals surface area contributed by atoms with Crippen molar-refractivity contribution >= 4 is 0 Å². The molecule has 0 unspecified atom stereocenters. The Kier molecular flexibility index (Phi) is 6.11. The molecule has 0 aliphatic rings. The van der Waals surface area contributed by atoms with Gasteiger partial charge in [0, 0.05) is 0 Å². The molecule has 0 heterocycles. The number of methoxy groups -OCH3 is 1. The van der Waals surface area contributed by atoms with E-state index in [9.17, 15) is 0 Å². The first kappa shape index (κ1) is 11.0. The minimum absolute atomic E-state index is 0.0428. The van der Waals surface area contributed by atoms with E-state index in [4.69, 9.17) is 9.84 Å². The van der Waals surface area contributed by atoms with Crippen LogP contribution in [0.1, 0.15) is 13.3 Å². The van der Waals surface area contributed by atoms with E-state index in [1.807, 2.05) is 6.92 Å². The largest absolute Gasteiger partial charge is 0.497 e. The van der Waals surface area contributed by atoms with Gasteiger partial charge in [-0.1, -0.05) is 25.7 Å². The summed E-state index contributed by atoms with van der Waals surface area (Å²) in [6.07, 6.45) is 6.04. The lowest BCUT2D eigenvalue weighted by Crippen LogP contribution is -1.96. The third kappa shape index (κ3) is 3.39. The molecular formula is C10H16O2. The predicted octanol–water partition coefficient (Wildman–Crippen LogP) is 2.03. The third-order valence-corrected chi connectivity index (χ3v) is 1.57. The Balaban J connectivity index is 4.56. The van der Waals surface area contributed by atoms with Gasteiger partial charge in [-0.25, -0.2) is 0 Å². The smallest absolute Gasteiger partial charge is 0.120 e. The number of hydrogen-bond acceptors (Lipinski definition) is 2. The molecule has 1 N–H and O–H groups in total. The molecular weight excluding hydrogens is 152 g/mol. The molecule has 2 heteroatoms. The highest BCUT2D eigenvalue weighted by atomic mass is 16.5. The van der Waals surface area contributed by atoms with Crippen LogP contribution < -0.4 is 0 Å². The number of aliphatic hydroxyl groups is 1. The number of allylic oxidation sites excluding steroid dienone is 3. The number of hydrogen-bond donors (Lipinski definition) is 1. The molecule has 0 atom stereocenters. The van der Waals surface area contributed by atoms with Gasteiger partial charge in [0.15, 0.2) is 0 Å². The fourth-order valence-corrected chi connectivity index (χ4v) is 0.850. The molecule has 0 aromatic heterocycles. The van der Waals surface area contributed by atoms with E-state index < -0.39 is 0 Å². The van der Waals surface area contributed by atoms with Crippen LogP contribution in [0.2, 0.25) is 0 Å². The van der Waals surface area contributed by atoms with E-state index in [2.05, 4.69) is 6.58 Å². The number of rotatable bonds is 5. The highest BCUT2D eigenvalue weighted by molar-refractivity contribution is 5.22. The van der Waals surface area contributed by atoms with E-state index in [1.165, 1.54) is 0 Å². The summed E-state index contributed by atoms with van der Waals surface area (Å²) in [7, 11) is 1.59. The lowest BCUT2D eigenvalue weighted by molar-refractivity contribution is 0.277. The molecule has 0 saturated heterocycles.